The summed E-state index contributed by atoms with van der Waals surface area (Å²) in [7, 11) is -4.20. The molecular formula is C16H7ClF2N2O2S. The van der Waals surface area contributed by atoms with Gasteiger partial charge in [-0.15, -0.1) is 0 Å². The third-order valence-corrected chi connectivity index (χ3v) is 5.67. The van der Waals surface area contributed by atoms with Gasteiger partial charge in [-0.05, 0) is 36.4 Å². The van der Waals surface area contributed by atoms with Gasteiger partial charge in [0, 0.05) is 11.6 Å². The van der Waals surface area contributed by atoms with Crippen LogP contribution in [0.4, 0.5) is 8.78 Å². The fraction of sp³-hybridized carbons (Fsp3) is 0. The minimum Gasteiger partial charge on any atom is -0.255 e. The highest BCUT2D eigenvalue weighted by Crippen LogP contribution is 2.33. The topological polar surface area (TPSA) is 70.8 Å². The lowest BCUT2D eigenvalue weighted by atomic mass is 10.1. The van der Waals surface area contributed by atoms with Crippen LogP contribution in [-0.4, -0.2) is 13.4 Å². The van der Waals surface area contributed by atoms with Crippen LogP contribution in [0.5, 0.6) is 0 Å². The monoisotopic (exact) mass is 364 g/mol. The maximum atomic E-state index is 13.4. The number of aromatic nitrogens is 1. The highest BCUT2D eigenvalue weighted by molar-refractivity contribution is 7.91. The number of rotatable bonds is 2. The second kappa shape index (κ2) is 5.82. The van der Waals surface area contributed by atoms with Crippen molar-refractivity contribution in [1.29, 1.82) is 5.26 Å². The van der Waals surface area contributed by atoms with Gasteiger partial charge in [0.25, 0.3) is 0 Å². The maximum absolute atomic E-state index is 13.4. The number of pyridine rings is 1. The molecule has 0 saturated heterocycles. The molecular weight excluding hydrogens is 358 g/mol. The van der Waals surface area contributed by atoms with Crippen LogP contribution in [0.2, 0.25) is 5.02 Å². The Kier molecular flexibility index (Phi) is 3.95. The molecule has 0 N–H and O–H groups in total. The van der Waals surface area contributed by atoms with Gasteiger partial charge in [-0.3, -0.25) is 4.98 Å². The summed E-state index contributed by atoms with van der Waals surface area (Å²) in [5.41, 5.74) is 0.691. The Balaban J connectivity index is 2.26. The van der Waals surface area contributed by atoms with Crippen LogP contribution in [0.15, 0.2) is 52.4 Å². The number of hydrogen-bond donors (Lipinski definition) is 0. The van der Waals surface area contributed by atoms with E-state index in [-0.39, 0.29) is 20.9 Å². The van der Waals surface area contributed by atoms with Crippen LogP contribution < -0.4 is 0 Å². The molecule has 3 rings (SSSR count). The van der Waals surface area contributed by atoms with E-state index < -0.39 is 26.4 Å². The second-order valence-electron chi connectivity index (χ2n) is 4.86. The normalized spacial score (nSPS) is 11.4. The van der Waals surface area contributed by atoms with E-state index in [0.29, 0.717) is 11.6 Å². The minimum atomic E-state index is -4.20. The zero-order valence-corrected chi connectivity index (χ0v) is 13.4. The quantitative estimate of drug-likeness (QED) is 0.647. The molecule has 0 saturated carbocycles. The predicted octanol–water partition coefficient (Wildman–Crippen LogP) is 3.87. The first kappa shape index (κ1) is 16.3. The zero-order valence-electron chi connectivity index (χ0n) is 11.8. The van der Waals surface area contributed by atoms with Crippen molar-refractivity contribution in [3.63, 3.8) is 0 Å². The van der Waals surface area contributed by atoms with Crippen LogP contribution >= 0.6 is 11.6 Å². The number of fused-ring (bicyclic) bond motifs is 1. The van der Waals surface area contributed by atoms with Crippen molar-refractivity contribution >= 4 is 32.3 Å². The summed E-state index contributed by atoms with van der Waals surface area (Å²) >= 11 is 6.18. The highest BCUT2D eigenvalue weighted by Gasteiger charge is 2.24. The Morgan fingerprint density at radius 1 is 1.08 bits per heavy atom. The lowest BCUT2D eigenvalue weighted by Crippen LogP contribution is -2.05. The Morgan fingerprint density at radius 3 is 2.50 bits per heavy atom. The minimum absolute atomic E-state index is 0.137. The molecule has 0 radical (unpaired) electrons. The highest BCUT2D eigenvalue weighted by atomic mass is 35.5. The van der Waals surface area contributed by atoms with Crippen LogP contribution in [0, 0.1) is 23.0 Å². The molecule has 0 spiro atoms. The molecule has 0 fully saturated rings. The molecule has 0 atom stereocenters. The molecule has 0 aliphatic carbocycles. The molecule has 0 aliphatic rings. The van der Waals surface area contributed by atoms with E-state index in [1.54, 1.807) is 0 Å². The molecule has 0 bridgehead atoms. The van der Waals surface area contributed by atoms with E-state index >= 15 is 0 Å². The zero-order chi connectivity index (χ0) is 17.5. The van der Waals surface area contributed by atoms with Crippen molar-refractivity contribution in [1.82, 2.24) is 4.98 Å². The summed E-state index contributed by atoms with van der Waals surface area (Å²) in [4.78, 5) is 3.22. The van der Waals surface area contributed by atoms with Gasteiger partial charge in [0.2, 0.25) is 9.84 Å². The van der Waals surface area contributed by atoms with Gasteiger partial charge in [0.1, 0.15) is 4.90 Å². The fourth-order valence-corrected chi connectivity index (χ4v) is 3.97. The molecule has 4 nitrogen and oxygen atoms in total. The van der Waals surface area contributed by atoms with Gasteiger partial charge in [-0.25, -0.2) is 17.2 Å². The molecule has 120 valence electrons. The summed E-state index contributed by atoms with van der Waals surface area (Å²) in [5.74, 6) is -2.44. The summed E-state index contributed by atoms with van der Waals surface area (Å²) in [5, 5.41) is 9.08. The van der Waals surface area contributed by atoms with Crippen LogP contribution in [0.1, 0.15) is 5.56 Å². The summed E-state index contributed by atoms with van der Waals surface area (Å²) < 4.78 is 51.7. The smallest absolute Gasteiger partial charge is 0.209 e. The van der Waals surface area contributed by atoms with Crippen LogP contribution in [0.25, 0.3) is 10.9 Å². The van der Waals surface area contributed by atoms with Crippen molar-refractivity contribution in [2.75, 3.05) is 0 Å². The molecule has 0 amide bonds. The lowest BCUT2D eigenvalue weighted by molar-refractivity contribution is 0.504. The first-order valence-electron chi connectivity index (χ1n) is 6.53. The number of benzene rings is 2. The molecule has 1 heterocycles. The summed E-state index contributed by atoms with van der Waals surface area (Å²) in [6.45, 7) is 0. The first-order chi connectivity index (χ1) is 11.3. The van der Waals surface area contributed by atoms with E-state index in [2.05, 4.69) is 4.98 Å². The molecule has 8 heteroatoms. The second-order valence-corrected chi connectivity index (χ2v) is 7.16. The Hall–Kier alpha value is -2.56. The van der Waals surface area contributed by atoms with Gasteiger partial charge in [0.05, 0.1) is 27.1 Å². The third-order valence-electron chi connectivity index (χ3n) is 3.39. The largest absolute Gasteiger partial charge is 0.255 e. The van der Waals surface area contributed by atoms with Gasteiger partial charge in [0.15, 0.2) is 11.6 Å². The molecule has 0 aliphatic heterocycles. The van der Waals surface area contributed by atoms with Crippen LogP contribution in [0.3, 0.4) is 0 Å². The van der Waals surface area contributed by atoms with E-state index in [1.807, 2.05) is 6.07 Å². The van der Waals surface area contributed by atoms with Gasteiger partial charge in [-0.2, -0.15) is 5.26 Å². The van der Waals surface area contributed by atoms with Gasteiger partial charge < -0.3 is 0 Å². The molecule has 3 aromatic rings. The SMILES string of the molecule is N#Cc1ccc2ncc(S(=O)(=O)c3ccc(F)c(F)c3)c(Cl)c2c1. The van der Waals surface area contributed by atoms with E-state index in [0.717, 1.165) is 18.3 Å². The number of hydrogen-bond acceptors (Lipinski definition) is 4. The van der Waals surface area contributed by atoms with E-state index in [4.69, 9.17) is 16.9 Å². The van der Waals surface area contributed by atoms with Crippen molar-refractivity contribution < 1.29 is 17.2 Å². The van der Waals surface area contributed by atoms with Crippen LogP contribution in [-0.2, 0) is 9.84 Å². The molecule has 24 heavy (non-hydrogen) atoms. The number of halogens is 3. The molecule has 1 aromatic heterocycles. The predicted molar refractivity (Wildman–Crippen MR) is 83.3 cm³/mol. The van der Waals surface area contributed by atoms with Crippen molar-refractivity contribution in [3.8, 4) is 6.07 Å². The Morgan fingerprint density at radius 2 is 1.83 bits per heavy atom. The number of nitriles is 1. The van der Waals surface area contributed by atoms with Crippen molar-refractivity contribution in [3.05, 3.63) is 64.8 Å². The standard InChI is InChI=1S/C16H7ClF2N2O2S/c17-16-11-5-9(7-20)1-4-14(11)21-8-15(16)24(22,23)10-2-3-12(18)13(19)6-10/h1-6,8H. The number of sulfone groups is 1. The van der Waals surface area contributed by atoms with E-state index in [9.17, 15) is 17.2 Å². The Bertz CT molecular complexity index is 1120. The average molecular weight is 365 g/mol. The summed E-state index contributed by atoms with van der Waals surface area (Å²) in [6.07, 6.45) is 1.05. The number of nitrogens with zero attached hydrogens (tertiary/aromatic N) is 2. The maximum Gasteiger partial charge on any atom is 0.209 e. The van der Waals surface area contributed by atoms with Crippen molar-refractivity contribution in [2.24, 2.45) is 0 Å². The molecule has 2 aromatic carbocycles. The first-order valence-corrected chi connectivity index (χ1v) is 8.39. The fourth-order valence-electron chi connectivity index (χ4n) is 2.17. The Labute approximate surface area is 140 Å². The van der Waals surface area contributed by atoms with Gasteiger partial charge in [-0.1, -0.05) is 11.6 Å². The van der Waals surface area contributed by atoms with Gasteiger partial charge >= 0.3 is 0 Å². The van der Waals surface area contributed by atoms with Crippen molar-refractivity contribution in [2.45, 2.75) is 9.79 Å². The average Bonchev–Trinajstić information content (AvgIpc) is 2.57. The summed E-state index contributed by atoms with van der Waals surface area (Å²) in [6, 6.07) is 8.64. The van der Waals surface area contributed by atoms with E-state index in [1.165, 1.54) is 18.2 Å². The third kappa shape index (κ3) is 2.60. The lowest BCUT2D eigenvalue weighted by Gasteiger charge is -2.09. The molecule has 0 unspecified atom stereocenters.